The minimum Gasteiger partial charge on any atom is -0.348 e. The summed E-state index contributed by atoms with van der Waals surface area (Å²) >= 11 is 0. The summed E-state index contributed by atoms with van der Waals surface area (Å²) in [5.41, 5.74) is 8.43. The van der Waals surface area contributed by atoms with E-state index in [1.54, 1.807) is 19.0 Å². The third kappa shape index (κ3) is 4.32. The average molecular weight is 277 g/mol. The monoisotopic (exact) mass is 277 g/mol. The van der Waals surface area contributed by atoms with E-state index in [1.807, 2.05) is 12.1 Å². The van der Waals surface area contributed by atoms with Crippen molar-refractivity contribution in [1.82, 2.24) is 9.80 Å². The van der Waals surface area contributed by atoms with Crippen LogP contribution >= 0.6 is 0 Å². The highest BCUT2D eigenvalue weighted by Gasteiger charge is 2.22. The molecule has 2 N–H and O–H groups in total. The maximum Gasteiger partial charge on any atom is 0.236 e. The molecule has 112 valence electrons. The van der Waals surface area contributed by atoms with Crippen molar-refractivity contribution < 1.29 is 4.79 Å². The summed E-state index contributed by atoms with van der Waals surface area (Å²) in [4.78, 5) is 15.8. The van der Waals surface area contributed by atoms with Crippen LogP contribution in [0, 0.1) is 6.92 Å². The third-order valence-electron chi connectivity index (χ3n) is 3.56. The molecule has 0 saturated carbocycles. The van der Waals surface area contributed by atoms with Crippen molar-refractivity contribution in [2.75, 3.05) is 33.7 Å². The molecular formula is C16H27N3O. The fourth-order valence-corrected chi connectivity index (χ4v) is 2.38. The first-order valence-electron chi connectivity index (χ1n) is 7.21. The summed E-state index contributed by atoms with van der Waals surface area (Å²) in [6.07, 6.45) is 1.00. The van der Waals surface area contributed by atoms with E-state index in [-0.39, 0.29) is 11.9 Å². The predicted octanol–water partition coefficient (Wildman–Crippen LogP) is 1.80. The van der Waals surface area contributed by atoms with Crippen LogP contribution in [0.15, 0.2) is 24.3 Å². The van der Waals surface area contributed by atoms with Gasteiger partial charge >= 0.3 is 0 Å². The molecule has 0 aliphatic carbocycles. The molecule has 0 saturated heterocycles. The Kier molecular flexibility index (Phi) is 6.68. The molecule has 0 aromatic heterocycles. The van der Waals surface area contributed by atoms with E-state index in [1.165, 1.54) is 11.1 Å². The Morgan fingerprint density at radius 2 is 1.95 bits per heavy atom. The minimum absolute atomic E-state index is 0.0973. The first-order chi connectivity index (χ1) is 9.51. The summed E-state index contributed by atoms with van der Waals surface area (Å²) in [6.45, 7) is 6.02. The molecule has 4 nitrogen and oxygen atoms in total. The number of hydrogen-bond acceptors (Lipinski definition) is 3. The van der Waals surface area contributed by atoms with Crippen LogP contribution in [0.4, 0.5) is 0 Å². The third-order valence-corrected chi connectivity index (χ3v) is 3.56. The van der Waals surface area contributed by atoms with Crippen LogP contribution in [0.1, 0.15) is 30.5 Å². The number of likely N-dealkylation sites (N-methyl/N-ethyl adjacent to an activating group) is 1. The van der Waals surface area contributed by atoms with Crippen molar-refractivity contribution in [3.8, 4) is 0 Å². The number of benzene rings is 1. The van der Waals surface area contributed by atoms with Gasteiger partial charge in [0.15, 0.2) is 0 Å². The highest BCUT2D eigenvalue weighted by molar-refractivity contribution is 5.77. The van der Waals surface area contributed by atoms with Crippen LogP contribution in [-0.4, -0.2) is 49.4 Å². The molecule has 1 atom stereocenters. The number of nitrogens with two attached hydrogens (primary N) is 1. The molecule has 0 heterocycles. The van der Waals surface area contributed by atoms with Crippen molar-refractivity contribution in [2.24, 2.45) is 5.73 Å². The SMILES string of the molecule is CCCN(CC(=O)N(C)C)C(CN)c1ccccc1C. The number of carbonyl (C=O) groups is 1. The van der Waals surface area contributed by atoms with E-state index >= 15 is 0 Å². The van der Waals surface area contributed by atoms with Crippen molar-refractivity contribution in [2.45, 2.75) is 26.3 Å². The molecular weight excluding hydrogens is 250 g/mol. The molecule has 0 spiro atoms. The van der Waals surface area contributed by atoms with Crippen LogP contribution in [0.25, 0.3) is 0 Å². The van der Waals surface area contributed by atoms with Crippen LogP contribution in [0.3, 0.4) is 0 Å². The fourth-order valence-electron chi connectivity index (χ4n) is 2.38. The van der Waals surface area contributed by atoms with E-state index in [0.717, 1.165) is 13.0 Å². The van der Waals surface area contributed by atoms with Gasteiger partial charge in [-0.3, -0.25) is 9.69 Å². The Balaban J connectivity index is 2.97. The summed E-state index contributed by atoms with van der Waals surface area (Å²) in [7, 11) is 3.58. The highest BCUT2D eigenvalue weighted by Crippen LogP contribution is 2.23. The summed E-state index contributed by atoms with van der Waals surface area (Å²) < 4.78 is 0. The molecule has 4 heteroatoms. The zero-order valence-electron chi connectivity index (χ0n) is 13.1. The van der Waals surface area contributed by atoms with Crippen molar-refractivity contribution in [3.05, 3.63) is 35.4 Å². The zero-order valence-corrected chi connectivity index (χ0v) is 13.1. The molecule has 0 radical (unpaired) electrons. The second-order valence-electron chi connectivity index (χ2n) is 5.37. The van der Waals surface area contributed by atoms with Gasteiger partial charge in [0.05, 0.1) is 6.54 Å². The van der Waals surface area contributed by atoms with E-state index in [9.17, 15) is 4.79 Å². The lowest BCUT2D eigenvalue weighted by atomic mass is 9.99. The van der Waals surface area contributed by atoms with Crippen LogP contribution in [0.5, 0.6) is 0 Å². The maximum absolute atomic E-state index is 12.0. The molecule has 0 aliphatic heterocycles. The molecule has 1 unspecified atom stereocenters. The Hall–Kier alpha value is -1.39. The quantitative estimate of drug-likeness (QED) is 0.826. The molecule has 20 heavy (non-hydrogen) atoms. The van der Waals surface area contributed by atoms with Gasteiger partial charge in [0.2, 0.25) is 5.91 Å². The average Bonchev–Trinajstić information content (AvgIpc) is 2.41. The fraction of sp³-hybridized carbons (Fsp3) is 0.562. The Morgan fingerprint density at radius 1 is 1.30 bits per heavy atom. The summed E-state index contributed by atoms with van der Waals surface area (Å²) in [5, 5.41) is 0. The smallest absolute Gasteiger partial charge is 0.236 e. The van der Waals surface area contributed by atoms with Crippen molar-refractivity contribution in [3.63, 3.8) is 0 Å². The second-order valence-corrected chi connectivity index (χ2v) is 5.37. The lowest BCUT2D eigenvalue weighted by Crippen LogP contribution is -2.41. The van der Waals surface area contributed by atoms with Crippen LogP contribution in [-0.2, 0) is 4.79 Å². The Labute approximate surface area is 122 Å². The molecule has 1 aromatic rings. The van der Waals surface area contributed by atoms with E-state index in [2.05, 4.69) is 30.9 Å². The highest BCUT2D eigenvalue weighted by atomic mass is 16.2. The number of aryl methyl sites for hydroxylation is 1. The number of nitrogens with zero attached hydrogens (tertiary/aromatic N) is 2. The Morgan fingerprint density at radius 3 is 2.45 bits per heavy atom. The van der Waals surface area contributed by atoms with Gasteiger partial charge in [0, 0.05) is 26.7 Å². The van der Waals surface area contributed by atoms with Gasteiger partial charge in [-0.15, -0.1) is 0 Å². The van der Waals surface area contributed by atoms with Gasteiger partial charge in [0.1, 0.15) is 0 Å². The normalized spacial score (nSPS) is 12.5. The van der Waals surface area contributed by atoms with Crippen LogP contribution < -0.4 is 5.73 Å². The standard InChI is InChI=1S/C16H27N3O/c1-5-10-19(12-16(20)18(3)4)15(11-17)14-9-7-6-8-13(14)2/h6-9,15H,5,10-12,17H2,1-4H3. The van der Waals surface area contributed by atoms with Crippen LogP contribution in [0.2, 0.25) is 0 Å². The number of amides is 1. The number of rotatable bonds is 7. The molecule has 1 amide bonds. The lowest BCUT2D eigenvalue weighted by Gasteiger charge is -2.32. The molecule has 0 fully saturated rings. The summed E-state index contributed by atoms with van der Waals surface area (Å²) in [5.74, 6) is 0.116. The van der Waals surface area contributed by atoms with Crippen molar-refractivity contribution >= 4 is 5.91 Å². The van der Waals surface area contributed by atoms with Crippen molar-refractivity contribution in [1.29, 1.82) is 0 Å². The van der Waals surface area contributed by atoms with E-state index in [4.69, 9.17) is 5.73 Å². The minimum atomic E-state index is 0.0973. The predicted molar refractivity (Wildman–Crippen MR) is 83.5 cm³/mol. The molecule has 0 aliphatic rings. The largest absolute Gasteiger partial charge is 0.348 e. The topological polar surface area (TPSA) is 49.6 Å². The van der Waals surface area contributed by atoms with Gasteiger partial charge < -0.3 is 10.6 Å². The van der Waals surface area contributed by atoms with E-state index in [0.29, 0.717) is 13.1 Å². The molecule has 1 aromatic carbocycles. The first kappa shape index (κ1) is 16.7. The number of carbonyl (C=O) groups excluding carboxylic acids is 1. The van der Waals surface area contributed by atoms with Gasteiger partial charge in [-0.05, 0) is 31.0 Å². The zero-order chi connectivity index (χ0) is 15.1. The van der Waals surface area contributed by atoms with Gasteiger partial charge in [0.25, 0.3) is 0 Å². The van der Waals surface area contributed by atoms with Gasteiger partial charge in [-0.25, -0.2) is 0 Å². The van der Waals surface area contributed by atoms with Gasteiger partial charge in [-0.2, -0.15) is 0 Å². The second kappa shape index (κ2) is 8.02. The first-order valence-corrected chi connectivity index (χ1v) is 7.21. The maximum atomic E-state index is 12.0. The van der Waals surface area contributed by atoms with E-state index < -0.39 is 0 Å². The van der Waals surface area contributed by atoms with Gasteiger partial charge in [-0.1, -0.05) is 31.2 Å². The lowest BCUT2D eigenvalue weighted by molar-refractivity contribution is -0.130. The molecule has 0 bridgehead atoms. The Bertz CT molecular complexity index is 431. The number of hydrogen-bond donors (Lipinski definition) is 1. The summed E-state index contributed by atoms with van der Waals surface area (Å²) in [6, 6.07) is 8.36. The molecule has 1 rings (SSSR count).